The summed E-state index contributed by atoms with van der Waals surface area (Å²) in [7, 11) is 0. The van der Waals surface area contributed by atoms with Gasteiger partial charge in [0.05, 0.1) is 0 Å². The first kappa shape index (κ1) is 11.7. The van der Waals surface area contributed by atoms with Gasteiger partial charge in [0.25, 0.3) is 0 Å². The number of hydrogen-bond donors (Lipinski definition) is 2. The Morgan fingerprint density at radius 1 is 1.30 bits per heavy atom. The van der Waals surface area contributed by atoms with Gasteiger partial charge in [-0.15, -0.1) is 0 Å². The molecule has 1 aliphatic carbocycles. The highest BCUT2D eigenvalue weighted by atomic mass is 16.3. The number of dihydropyridines is 1. The highest BCUT2D eigenvalue weighted by Gasteiger charge is 2.47. The summed E-state index contributed by atoms with van der Waals surface area (Å²) in [5, 5.41) is 12.5. The Bertz CT molecular complexity index is 675. The van der Waals surface area contributed by atoms with Crippen molar-refractivity contribution in [3.8, 4) is 5.75 Å². The summed E-state index contributed by atoms with van der Waals surface area (Å²) in [5.74, 6) is 0.210. The van der Waals surface area contributed by atoms with E-state index >= 15 is 0 Å². The van der Waals surface area contributed by atoms with Crippen molar-refractivity contribution in [2.45, 2.75) is 31.1 Å². The zero-order chi connectivity index (χ0) is 13.7. The molecule has 4 rings (SSSR count). The second-order valence-corrected chi connectivity index (χ2v) is 5.84. The molecular formula is C16H16N2O2. The van der Waals surface area contributed by atoms with Crippen LogP contribution in [0.3, 0.4) is 0 Å². The first-order valence-electron chi connectivity index (χ1n) is 7.05. The molecule has 0 aromatic heterocycles. The lowest BCUT2D eigenvalue weighted by Gasteiger charge is -2.37. The van der Waals surface area contributed by atoms with E-state index in [4.69, 9.17) is 0 Å². The summed E-state index contributed by atoms with van der Waals surface area (Å²) in [4.78, 5) is 16.5. The molecule has 0 radical (unpaired) electrons. The molecule has 1 aromatic rings. The van der Waals surface area contributed by atoms with Crippen LogP contribution in [0.2, 0.25) is 0 Å². The van der Waals surface area contributed by atoms with Gasteiger partial charge in [-0.05, 0) is 36.5 Å². The highest BCUT2D eigenvalue weighted by molar-refractivity contribution is 6.00. The van der Waals surface area contributed by atoms with E-state index in [1.165, 1.54) is 11.1 Å². The number of amides is 1. The molecule has 102 valence electrons. The second-order valence-electron chi connectivity index (χ2n) is 5.84. The molecule has 0 fully saturated rings. The van der Waals surface area contributed by atoms with Crippen molar-refractivity contribution in [3.63, 3.8) is 0 Å². The number of aromatic hydroxyl groups is 1. The summed E-state index contributed by atoms with van der Waals surface area (Å²) in [6.45, 7) is 0.865. The maximum atomic E-state index is 12.1. The minimum Gasteiger partial charge on any atom is -0.508 e. The van der Waals surface area contributed by atoms with Gasteiger partial charge in [0, 0.05) is 36.3 Å². The lowest BCUT2D eigenvalue weighted by molar-refractivity contribution is -0.117. The molecule has 1 atom stereocenters. The number of anilines is 1. The first-order valence-corrected chi connectivity index (χ1v) is 7.05. The van der Waals surface area contributed by atoms with E-state index in [0.717, 1.165) is 37.1 Å². The van der Waals surface area contributed by atoms with Gasteiger partial charge in [-0.3, -0.25) is 9.79 Å². The van der Waals surface area contributed by atoms with Crippen molar-refractivity contribution in [1.82, 2.24) is 0 Å². The van der Waals surface area contributed by atoms with E-state index in [1.807, 2.05) is 12.3 Å². The third-order valence-corrected chi connectivity index (χ3v) is 4.77. The first-order chi connectivity index (χ1) is 9.69. The maximum absolute atomic E-state index is 12.1. The van der Waals surface area contributed by atoms with Crippen LogP contribution in [0.25, 0.3) is 0 Å². The lowest BCUT2D eigenvalue weighted by Crippen LogP contribution is -2.38. The van der Waals surface area contributed by atoms with Gasteiger partial charge in [-0.25, -0.2) is 0 Å². The molecule has 1 amide bonds. The van der Waals surface area contributed by atoms with Gasteiger partial charge in [-0.2, -0.15) is 0 Å². The van der Waals surface area contributed by atoms with Gasteiger partial charge in [0.1, 0.15) is 5.75 Å². The number of nitrogens with one attached hydrogen (secondary N) is 1. The Hall–Kier alpha value is -2.10. The number of carbonyl (C=O) groups excluding carboxylic acids is 1. The van der Waals surface area contributed by atoms with Gasteiger partial charge < -0.3 is 10.4 Å². The van der Waals surface area contributed by atoms with Gasteiger partial charge in [-0.1, -0.05) is 11.6 Å². The molecule has 20 heavy (non-hydrogen) atoms. The number of rotatable bonds is 0. The van der Waals surface area contributed by atoms with Crippen LogP contribution >= 0.6 is 0 Å². The van der Waals surface area contributed by atoms with Crippen LogP contribution in [-0.2, 0) is 10.2 Å². The largest absolute Gasteiger partial charge is 0.508 e. The van der Waals surface area contributed by atoms with Crippen LogP contribution in [0.1, 0.15) is 31.2 Å². The number of fused-ring (bicyclic) bond motifs is 3. The van der Waals surface area contributed by atoms with Gasteiger partial charge in [0.2, 0.25) is 5.91 Å². The predicted molar refractivity (Wildman–Crippen MR) is 77.3 cm³/mol. The predicted octanol–water partition coefficient (Wildman–Crippen LogP) is 2.54. The fraction of sp³-hybridized carbons (Fsp3) is 0.375. The van der Waals surface area contributed by atoms with Crippen LogP contribution < -0.4 is 5.32 Å². The van der Waals surface area contributed by atoms with Crippen molar-refractivity contribution < 1.29 is 9.90 Å². The fourth-order valence-corrected chi connectivity index (χ4v) is 3.88. The third kappa shape index (κ3) is 1.48. The monoisotopic (exact) mass is 268 g/mol. The Morgan fingerprint density at radius 3 is 3.10 bits per heavy atom. The maximum Gasteiger partial charge on any atom is 0.225 e. The molecule has 3 aliphatic rings. The molecule has 1 aromatic carbocycles. The van der Waals surface area contributed by atoms with Crippen LogP contribution in [0.5, 0.6) is 5.75 Å². The van der Waals surface area contributed by atoms with Crippen molar-refractivity contribution in [3.05, 3.63) is 34.9 Å². The molecule has 2 aliphatic heterocycles. The quantitative estimate of drug-likeness (QED) is 0.759. The Kier molecular flexibility index (Phi) is 2.31. The number of phenolic OH excluding ortho intramolecular Hbond substituents is 1. The average Bonchev–Trinajstić information content (AvgIpc) is 2.78. The number of phenols is 1. The molecule has 4 heteroatoms. The second kappa shape index (κ2) is 3.95. The van der Waals surface area contributed by atoms with Gasteiger partial charge in [0.15, 0.2) is 0 Å². The number of allylic oxidation sites excluding steroid dienone is 1. The Labute approximate surface area is 117 Å². The van der Waals surface area contributed by atoms with E-state index in [0.29, 0.717) is 6.42 Å². The highest BCUT2D eigenvalue weighted by Crippen LogP contribution is 2.53. The molecule has 0 saturated heterocycles. The number of nitrogens with zero attached hydrogens (tertiary/aromatic N) is 1. The number of hydrogen-bond acceptors (Lipinski definition) is 3. The van der Waals surface area contributed by atoms with Crippen LogP contribution in [0.15, 0.2) is 34.3 Å². The van der Waals surface area contributed by atoms with Crippen molar-refractivity contribution in [2.75, 3.05) is 11.9 Å². The minimum absolute atomic E-state index is 0.0239. The number of benzene rings is 1. The van der Waals surface area contributed by atoms with Crippen molar-refractivity contribution in [2.24, 2.45) is 4.99 Å². The molecule has 1 unspecified atom stereocenters. The fourth-order valence-electron chi connectivity index (χ4n) is 3.88. The van der Waals surface area contributed by atoms with Gasteiger partial charge >= 0.3 is 0 Å². The van der Waals surface area contributed by atoms with Crippen LogP contribution in [0, 0.1) is 0 Å². The topological polar surface area (TPSA) is 61.7 Å². The molecule has 2 N–H and O–H groups in total. The third-order valence-electron chi connectivity index (χ3n) is 4.77. The molecule has 4 nitrogen and oxygen atoms in total. The summed E-state index contributed by atoms with van der Waals surface area (Å²) >= 11 is 0. The number of aliphatic imine (C=N–C) groups is 1. The van der Waals surface area contributed by atoms with E-state index in [2.05, 4.69) is 10.3 Å². The molecule has 2 heterocycles. The SMILES string of the molecule is O=C1CC2(CCC3=C2C=NCC3)c2ccc(O)cc2N1. The molecule has 0 saturated carbocycles. The van der Waals surface area contributed by atoms with Crippen molar-refractivity contribution >= 4 is 17.8 Å². The van der Waals surface area contributed by atoms with E-state index in [9.17, 15) is 9.90 Å². The lowest BCUT2D eigenvalue weighted by atomic mass is 9.69. The standard InChI is InChI=1S/C16H16N2O2/c19-11-1-2-12-14(7-11)18-15(20)8-16(12)5-3-10-4-6-17-9-13(10)16/h1-2,7,9,19H,3-6,8H2,(H,18,20). The van der Waals surface area contributed by atoms with E-state index in [1.54, 1.807) is 12.1 Å². The normalized spacial score (nSPS) is 27.5. The molecular weight excluding hydrogens is 252 g/mol. The van der Waals surface area contributed by atoms with Crippen LogP contribution in [0.4, 0.5) is 5.69 Å². The zero-order valence-corrected chi connectivity index (χ0v) is 11.1. The average molecular weight is 268 g/mol. The summed E-state index contributed by atoms with van der Waals surface area (Å²) in [5.41, 5.74) is 4.33. The summed E-state index contributed by atoms with van der Waals surface area (Å²) in [6, 6.07) is 5.30. The zero-order valence-electron chi connectivity index (χ0n) is 11.1. The van der Waals surface area contributed by atoms with E-state index in [-0.39, 0.29) is 17.1 Å². The summed E-state index contributed by atoms with van der Waals surface area (Å²) in [6.07, 6.45) is 5.49. The molecule has 0 bridgehead atoms. The van der Waals surface area contributed by atoms with E-state index < -0.39 is 0 Å². The smallest absolute Gasteiger partial charge is 0.225 e. The summed E-state index contributed by atoms with van der Waals surface area (Å²) < 4.78 is 0. The number of carbonyl (C=O) groups is 1. The Balaban J connectivity index is 1.93. The van der Waals surface area contributed by atoms with Crippen LogP contribution in [-0.4, -0.2) is 23.8 Å². The Morgan fingerprint density at radius 2 is 2.20 bits per heavy atom. The molecule has 1 spiro atoms. The van der Waals surface area contributed by atoms with Crippen molar-refractivity contribution in [1.29, 1.82) is 0 Å². The minimum atomic E-state index is -0.232.